The number of carboxylic acids is 1. The number of aliphatic carboxylic acids is 1. The molecule has 0 spiro atoms. The molecule has 132 valence electrons. The van der Waals surface area contributed by atoms with Crippen molar-refractivity contribution in [1.29, 1.82) is 0 Å². The number of carbonyl (C=O) groups excluding carboxylic acids is 1. The van der Waals surface area contributed by atoms with Crippen LogP contribution in [0.2, 0.25) is 0 Å². The number of hydrogen-bond acceptors (Lipinski definition) is 4. The van der Waals surface area contributed by atoms with Gasteiger partial charge in [0.25, 0.3) is 5.91 Å². The molecule has 0 atom stereocenters. The van der Waals surface area contributed by atoms with Crippen molar-refractivity contribution in [3.63, 3.8) is 0 Å². The van der Waals surface area contributed by atoms with E-state index in [1.807, 2.05) is 13.8 Å². The predicted molar refractivity (Wildman–Crippen MR) is 94.5 cm³/mol. The largest absolute Gasteiger partial charge is 0.490 e. The Hall–Kier alpha value is -3.02. The quantitative estimate of drug-likeness (QED) is 0.768. The van der Waals surface area contributed by atoms with Crippen LogP contribution in [0.4, 0.5) is 5.69 Å². The second-order valence-corrected chi connectivity index (χ2v) is 5.21. The molecule has 0 saturated heterocycles. The van der Waals surface area contributed by atoms with Gasteiger partial charge in [0.2, 0.25) is 0 Å². The molecule has 2 aromatic rings. The van der Waals surface area contributed by atoms with Crippen LogP contribution in [0.15, 0.2) is 42.5 Å². The van der Waals surface area contributed by atoms with Crippen LogP contribution >= 0.6 is 0 Å². The lowest BCUT2D eigenvalue weighted by Crippen LogP contribution is -2.14. The first-order chi connectivity index (χ1) is 12.0. The van der Waals surface area contributed by atoms with Gasteiger partial charge in [0, 0.05) is 11.3 Å². The zero-order valence-electron chi connectivity index (χ0n) is 14.2. The summed E-state index contributed by atoms with van der Waals surface area (Å²) in [5, 5.41) is 11.7. The molecule has 0 heterocycles. The standard InChI is InChI=1S/C19H21NO5/c1-3-24-16-10-9-14(11-17(16)25-4-2)19(23)20-15-8-6-5-7-13(15)12-18(21)22/h5-11H,3-4,12H2,1-2H3,(H,20,23)(H,21,22). The van der Waals surface area contributed by atoms with Gasteiger partial charge in [0.05, 0.1) is 19.6 Å². The highest BCUT2D eigenvalue weighted by Crippen LogP contribution is 2.29. The number of amides is 1. The fraction of sp³-hybridized carbons (Fsp3) is 0.263. The number of para-hydroxylation sites is 1. The molecule has 0 fully saturated rings. The highest BCUT2D eigenvalue weighted by atomic mass is 16.5. The molecule has 2 rings (SSSR count). The summed E-state index contributed by atoms with van der Waals surface area (Å²) in [6.07, 6.45) is -0.163. The van der Waals surface area contributed by atoms with Gasteiger partial charge in [-0.25, -0.2) is 0 Å². The summed E-state index contributed by atoms with van der Waals surface area (Å²) in [7, 11) is 0. The number of anilines is 1. The second kappa shape index (κ2) is 8.73. The molecule has 25 heavy (non-hydrogen) atoms. The molecule has 0 aromatic heterocycles. The van der Waals surface area contributed by atoms with E-state index in [0.717, 1.165) is 0 Å². The summed E-state index contributed by atoms with van der Waals surface area (Å²) in [6, 6.07) is 11.8. The van der Waals surface area contributed by atoms with Crippen LogP contribution in [0.1, 0.15) is 29.8 Å². The summed E-state index contributed by atoms with van der Waals surface area (Å²) >= 11 is 0. The third-order valence-electron chi connectivity index (χ3n) is 3.41. The summed E-state index contributed by atoms with van der Waals surface area (Å²) in [6.45, 7) is 4.67. The van der Waals surface area contributed by atoms with E-state index < -0.39 is 5.97 Å². The molecule has 0 saturated carbocycles. The monoisotopic (exact) mass is 343 g/mol. The summed E-state index contributed by atoms with van der Waals surface area (Å²) < 4.78 is 11.0. The predicted octanol–water partition coefficient (Wildman–Crippen LogP) is 3.36. The second-order valence-electron chi connectivity index (χ2n) is 5.21. The van der Waals surface area contributed by atoms with Crippen molar-refractivity contribution in [3.8, 4) is 11.5 Å². The zero-order chi connectivity index (χ0) is 18.2. The van der Waals surface area contributed by atoms with Crippen molar-refractivity contribution >= 4 is 17.6 Å². The molecule has 0 aliphatic heterocycles. The van der Waals surface area contributed by atoms with Gasteiger partial charge in [-0.3, -0.25) is 9.59 Å². The van der Waals surface area contributed by atoms with Crippen LogP contribution in [-0.4, -0.2) is 30.2 Å². The molecule has 2 N–H and O–H groups in total. The number of benzene rings is 2. The Morgan fingerprint density at radius 2 is 1.68 bits per heavy atom. The van der Waals surface area contributed by atoms with Crippen molar-refractivity contribution < 1.29 is 24.2 Å². The molecule has 0 aliphatic carbocycles. The molecule has 0 unspecified atom stereocenters. The maximum atomic E-state index is 12.5. The van der Waals surface area contributed by atoms with Gasteiger partial charge in [-0.1, -0.05) is 18.2 Å². The topological polar surface area (TPSA) is 84.9 Å². The molecule has 0 aliphatic rings. The van der Waals surface area contributed by atoms with Gasteiger partial charge < -0.3 is 19.9 Å². The maximum absolute atomic E-state index is 12.5. The van der Waals surface area contributed by atoms with Crippen LogP contribution in [0.25, 0.3) is 0 Å². The lowest BCUT2D eigenvalue weighted by Gasteiger charge is -2.13. The van der Waals surface area contributed by atoms with Gasteiger partial charge in [-0.2, -0.15) is 0 Å². The minimum atomic E-state index is -0.957. The average Bonchev–Trinajstić information content (AvgIpc) is 2.58. The fourth-order valence-corrected chi connectivity index (χ4v) is 2.35. The average molecular weight is 343 g/mol. The van der Waals surface area contributed by atoms with Crippen LogP contribution in [0.5, 0.6) is 11.5 Å². The minimum absolute atomic E-state index is 0.163. The van der Waals surface area contributed by atoms with Crippen molar-refractivity contribution in [1.82, 2.24) is 0 Å². The Bertz CT molecular complexity index is 757. The van der Waals surface area contributed by atoms with E-state index in [2.05, 4.69) is 5.32 Å². The van der Waals surface area contributed by atoms with Gasteiger partial charge in [-0.05, 0) is 43.7 Å². The smallest absolute Gasteiger partial charge is 0.307 e. The van der Waals surface area contributed by atoms with Gasteiger partial charge in [0.1, 0.15) is 0 Å². The number of rotatable bonds is 8. The van der Waals surface area contributed by atoms with Crippen molar-refractivity contribution in [2.75, 3.05) is 18.5 Å². The number of carbonyl (C=O) groups is 2. The van der Waals surface area contributed by atoms with Gasteiger partial charge in [-0.15, -0.1) is 0 Å². The molecule has 2 aromatic carbocycles. The molecule has 6 heteroatoms. The maximum Gasteiger partial charge on any atom is 0.307 e. The molecule has 0 radical (unpaired) electrons. The van der Waals surface area contributed by atoms with Crippen molar-refractivity contribution in [2.24, 2.45) is 0 Å². The number of carboxylic acid groups (broad SMARTS) is 1. The lowest BCUT2D eigenvalue weighted by molar-refractivity contribution is -0.136. The Kier molecular flexibility index (Phi) is 6.39. The summed E-state index contributed by atoms with van der Waals surface area (Å²) in [5.41, 5.74) is 1.41. The Labute approximate surface area is 146 Å². The van der Waals surface area contributed by atoms with Crippen molar-refractivity contribution in [2.45, 2.75) is 20.3 Å². The Morgan fingerprint density at radius 3 is 2.36 bits per heavy atom. The van der Waals surface area contributed by atoms with Crippen LogP contribution in [-0.2, 0) is 11.2 Å². The first-order valence-corrected chi connectivity index (χ1v) is 8.05. The first kappa shape index (κ1) is 18.3. The van der Waals surface area contributed by atoms with E-state index in [1.165, 1.54) is 0 Å². The molecular weight excluding hydrogens is 322 g/mol. The van der Waals surface area contributed by atoms with E-state index in [-0.39, 0.29) is 12.3 Å². The Balaban J connectivity index is 2.24. The first-order valence-electron chi connectivity index (χ1n) is 8.05. The highest BCUT2D eigenvalue weighted by Gasteiger charge is 2.14. The molecular formula is C19H21NO5. The van der Waals surface area contributed by atoms with Gasteiger partial charge in [0.15, 0.2) is 11.5 Å². The summed E-state index contributed by atoms with van der Waals surface area (Å²) in [5.74, 6) is -0.230. The third kappa shape index (κ3) is 4.97. The van der Waals surface area contributed by atoms with Crippen LogP contribution in [0.3, 0.4) is 0 Å². The lowest BCUT2D eigenvalue weighted by atomic mass is 10.1. The van der Waals surface area contributed by atoms with E-state index in [4.69, 9.17) is 14.6 Å². The third-order valence-corrected chi connectivity index (χ3v) is 3.41. The van der Waals surface area contributed by atoms with E-state index in [0.29, 0.717) is 41.5 Å². The SMILES string of the molecule is CCOc1ccc(C(=O)Nc2ccccc2CC(=O)O)cc1OCC. The van der Waals surface area contributed by atoms with Crippen molar-refractivity contribution in [3.05, 3.63) is 53.6 Å². The number of ether oxygens (including phenoxy) is 2. The molecule has 1 amide bonds. The highest BCUT2D eigenvalue weighted by molar-refractivity contribution is 6.05. The number of hydrogen-bond donors (Lipinski definition) is 2. The summed E-state index contributed by atoms with van der Waals surface area (Å²) in [4.78, 5) is 23.5. The van der Waals surface area contributed by atoms with Crippen LogP contribution in [0, 0.1) is 0 Å². The molecule has 6 nitrogen and oxygen atoms in total. The normalized spacial score (nSPS) is 10.2. The zero-order valence-corrected chi connectivity index (χ0v) is 14.2. The van der Waals surface area contributed by atoms with Gasteiger partial charge >= 0.3 is 5.97 Å². The van der Waals surface area contributed by atoms with E-state index in [1.54, 1.807) is 42.5 Å². The fourth-order valence-electron chi connectivity index (χ4n) is 2.35. The molecule has 0 bridgehead atoms. The minimum Gasteiger partial charge on any atom is -0.490 e. The van der Waals surface area contributed by atoms with E-state index in [9.17, 15) is 9.59 Å². The van der Waals surface area contributed by atoms with Crippen LogP contribution < -0.4 is 14.8 Å². The van der Waals surface area contributed by atoms with E-state index >= 15 is 0 Å². The number of nitrogens with one attached hydrogen (secondary N) is 1. The Morgan fingerprint density at radius 1 is 1.00 bits per heavy atom.